The molecule has 2 aromatic carbocycles. The molecule has 128 valence electrons. The minimum atomic E-state index is -4.64. The molecule has 0 heterocycles. The van der Waals surface area contributed by atoms with E-state index in [0.29, 0.717) is 24.6 Å². The van der Waals surface area contributed by atoms with E-state index >= 15 is 0 Å². The van der Waals surface area contributed by atoms with Crippen LogP contribution in [0.25, 0.3) is 5.73 Å². The maximum absolute atomic E-state index is 13.6. The van der Waals surface area contributed by atoms with Crippen LogP contribution in [0.4, 0.5) is 23.2 Å². The lowest BCUT2D eigenvalue weighted by Gasteiger charge is -2.20. The molecule has 0 radical (unpaired) electrons. The third-order valence-electron chi connectivity index (χ3n) is 3.43. The molecule has 0 spiro atoms. The van der Waals surface area contributed by atoms with Gasteiger partial charge in [-0.2, -0.15) is 13.2 Å². The van der Waals surface area contributed by atoms with Crippen LogP contribution >= 0.6 is 0 Å². The van der Waals surface area contributed by atoms with Gasteiger partial charge in [0.2, 0.25) is 5.91 Å². The number of nitrogens with one attached hydrogen (secondary N) is 2. The number of hydrogen-bond donors (Lipinski definition) is 1. The molecule has 0 fully saturated rings. The average Bonchev–Trinajstić information content (AvgIpc) is 2.54. The van der Waals surface area contributed by atoms with E-state index in [0.717, 1.165) is 5.56 Å². The van der Waals surface area contributed by atoms with Crippen LogP contribution in [0.15, 0.2) is 48.5 Å². The van der Waals surface area contributed by atoms with Gasteiger partial charge in [0.05, 0.1) is 11.3 Å². The van der Waals surface area contributed by atoms with Crippen LogP contribution in [-0.4, -0.2) is 11.9 Å². The number of benzene rings is 2. The summed E-state index contributed by atoms with van der Waals surface area (Å²) in [4.78, 5) is 11.9. The van der Waals surface area contributed by atoms with Crippen LogP contribution in [0.5, 0.6) is 0 Å². The highest BCUT2D eigenvalue weighted by Gasteiger charge is 2.31. The number of carbonyl (C=O) groups excluding carboxylic acids is 1. The minimum Gasteiger partial charge on any atom is -0.667 e. The van der Waals surface area contributed by atoms with Gasteiger partial charge >= 0.3 is 6.18 Å². The minimum absolute atomic E-state index is 0.177. The van der Waals surface area contributed by atoms with Crippen molar-refractivity contribution in [1.29, 1.82) is 0 Å². The van der Waals surface area contributed by atoms with Crippen LogP contribution in [0.3, 0.4) is 0 Å². The zero-order valence-electron chi connectivity index (χ0n) is 12.5. The highest BCUT2D eigenvalue weighted by atomic mass is 19.4. The Morgan fingerprint density at radius 2 is 1.79 bits per heavy atom. The van der Waals surface area contributed by atoms with E-state index < -0.39 is 35.2 Å². The van der Waals surface area contributed by atoms with Crippen LogP contribution in [0.2, 0.25) is 0 Å². The molecule has 7 heteroatoms. The Morgan fingerprint density at radius 3 is 2.42 bits per heavy atom. The number of carbonyl (C=O) groups is 1. The fourth-order valence-electron chi connectivity index (χ4n) is 2.10. The smallest absolute Gasteiger partial charge is 0.416 e. The van der Waals surface area contributed by atoms with E-state index in [1.165, 1.54) is 0 Å². The van der Waals surface area contributed by atoms with Gasteiger partial charge in [0.15, 0.2) is 0 Å². The molecule has 2 N–H and O–H groups in total. The number of rotatable bonds is 5. The van der Waals surface area contributed by atoms with Crippen molar-refractivity contribution in [3.8, 4) is 0 Å². The molecule has 0 saturated heterocycles. The lowest BCUT2D eigenvalue weighted by Crippen LogP contribution is -2.25. The van der Waals surface area contributed by atoms with Gasteiger partial charge in [-0.1, -0.05) is 42.8 Å². The van der Waals surface area contributed by atoms with Gasteiger partial charge in [0, 0.05) is 0 Å². The average molecular weight is 339 g/mol. The van der Waals surface area contributed by atoms with Gasteiger partial charge < -0.3 is 11.1 Å². The van der Waals surface area contributed by atoms with Crippen LogP contribution < -0.4 is 5.32 Å². The summed E-state index contributed by atoms with van der Waals surface area (Å²) < 4.78 is 51.5. The van der Waals surface area contributed by atoms with Crippen molar-refractivity contribution in [3.05, 3.63) is 71.2 Å². The SMILES string of the molecule is [NH-][C@H](CCc1ccccc1)C(=O)Nc1cc(C(F)(F)F)ccc1F. The number of anilines is 1. The van der Waals surface area contributed by atoms with Gasteiger partial charge in [0.1, 0.15) is 5.82 Å². The Hall–Kier alpha value is -2.41. The number of hydrogen-bond acceptors (Lipinski definition) is 1. The Morgan fingerprint density at radius 1 is 1.12 bits per heavy atom. The highest BCUT2D eigenvalue weighted by molar-refractivity contribution is 5.95. The summed E-state index contributed by atoms with van der Waals surface area (Å²) in [5.74, 6) is -1.82. The predicted molar refractivity (Wildman–Crippen MR) is 82.9 cm³/mol. The first-order valence-electron chi connectivity index (χ1n) is 7.20. The fourth-order valence-corrected chi connectivity index (χ4v) is 2.10. The topological polar surface area (TPSA) is 52.9 Å². The monoisotopic (exact) mass is 339 g/mol. The Labute approximate surface area is 136 Å². The maximum atomic E-state index is 13.6. The van der Waals surface area contributed by atoms with Crippen molar-refractivity contribution in [3.63, 3.8) is 0 Å². The van der Waals surface area contributed by atoms with E-state index in [9.17, 15) is 22.4 Å². The molecule has 24 heavy (non-hydrogen) atoms. The Balaban J connectivity index is 2.01. The van der Waals surface area contributed by atoms with Crippen molar-refractivity contribution < 1.29 is 22.4 Å². The van der Waals surface area contributed by atoms with Crippen molar-refractivity contribution in [2.24, 2.45) is 0 Å². The first-order valence-corrected chi connectivity index (χ1v) is 7.20. The zero-order chi connectivity index (χ0) is 17.7. The number of amides is 1. The summed E-state index contributed by atoms with van der Waals surface area (Å²) in [6.07, 6.45) is -4.00. The summed E-state index contributed by atoms with van der Waals surface area (Å²) in [5, 5.41) is 2.06. The molecule has 0 saturated carbocycles. The van der Waals surface area contributed by atoms with E-state index in [1.54, 1.807) is 0 Å². The molecule has 0 aliphatic heterocycles. The van der Waals surface area contributed by atoms with Crippen molar-refractivity contribution in [1.82, 2.24) is 0 Å². The normalized spacial score (nSPS) is 12.7. The molecule has 0 aliphatic carbocycles. The van der Waals surface area contributed by atoms with Gasteiger partial charge in [-0.25, -0.2) is 4.39 Å². The molecule has 1 atom stereocenters. The molecule has 1 amide bonds. The van der Waals surface area contributed by atoms with Gasteiger partial charge in [-0.15, -0.1) is 0 Å². The first kappa shape index (κ1) is 17.9. The van der Waals surface area contributed by atoms with Crippen molar-refractivity contribution >= 4 is 11.6 Å². The fraction of sp³-hybridized carbons (Fsp3) is 0.235. The van der Waals surface area contributed by atoms with E-state index in [4.69, 9.17) is 5.73 Å². The van der Waals surface area contributed by atoms with Crippen LogP contribution in [-0.2, 0) is 17.4 Å². The Bertz CT molecular complexity index is 701. The van der Waals surface area contributed by atoms with E-state index in [2.05, 4.69) is 5.32 Å². The standard InChI is InChI=1S/C17H15F4N2O/c18-13-8-7-12(17(19,20)21)10-15(13)23-16(24)14(22)9-6-11-4-2-1-3-5-11/h1-5,7-8,10,14,22H,6,9H2,(H,23,24)/q-1/t14-/m1/s1. The second-order valence-electron chi connectivity index (χ2n) is 5.26. The van der Waals surface area contributed by atoms with Crippen molar-refractivity contribution in [2.45, 2.75) is 25.1 Å². The van der Waals surface area contributed by atoms with Crippen LogP contribution in [0, 0.1) is 5.82 Å². The second kappa shape index (κ2) is 7.44. The number of halogens is 4. The second-order valence-corrected chi connectivity index (χ2v) is 5.26. The predicted octanol–water partition coefficient (Wildman–Crippen LogP) is 4.84. The molecular formula is C17H15F4N2O-. The first-order chi connectivity index (χ1) is 11.3. The highest BCUT2D eigenvalue weighted by Crippen LogP contribution is 2.31. The quantitative estimate of drug-likeness (QED) is 0.779. The molecule has 0 aliphatic rings. The maximum Gasteiger partial charge on any atom is 0.416 e. The molecular weight excluding hydrogens is 324 g/mol. The molecule has 2 rings (SSSR count). The summed E-state index contributed by atoms with van der Waals surface area (Å²) in [6, 6.07) is 9.73. The van der Waals surface area contributed by atoms with Crippen LogP contribution in [0.1, 0.15) is 17.5 Å². The molecule has 0 bridgehead atoms. The third-order valence-corrected chi connectivity index (χ3v) is 3.43. The van der Waals surface area contributed by atoms with E-state index in [-0.39, 0.29) is 6.42 Å². The number of aryl methyl sites for hydroxylation is 1. The van der Waals surface area contributed by atoms with E-state index in [1.807, 2.05) is 30.3 Å². The summed E-state index contributed by atoms with van der Waals surface area (Å²) in [6.45, 7) is 0. The third kappa shape index (κ3) is 4.79. The van der Waals surface area contributed by atoms with Gasteiger partial charge in [0.25, 0.3) is 0 Å². The largest absolute Gasteiger partial charge is 0.667 e. The summed E-state index contributed by atoms with van der Waals surface area (Å²) >= 11 is 0. The lowest BCUT2D eigenvalue weighted by atomic mass is 10.1. The Kier molecular flexibility index (Phi) is 5.56. The molecule has 0 unspecified atom stereocenters. The number of alkyl halides is 3. The zero-order valence-corrected chi connectivity index (χ0v) is 12.5. The molecule has 2 aromatic rings. The van der Waals surface area contributed by atoms with Gasteiger partial charge in [-0.3, -0.25) is 4.79 Å². The van der Waals surface area contributed by atoms with Gasteiger partial charge in [-0.05, 0) is 30.2 Å². The molecule has 3 nitrogen and oxygen atoms in total. The summed E-state index contributed by atoms with van der Waals surface area (Å²) in [5.41, 5.74) is 7.06. The van der Waals surface area contributed by atoms with Crippen molar-refractivity contribution in [2.75, 3.05) is 5.32 Å². The molecule has 0 aromatic heterocycles. The summed E-state index contributed by atoms with van der Waals surface area (Å²) in [7, 11) is 0. The lowest BCUT2D eigenvalue weighted by molar-refractivity contribution is -0.137.